The molecule has 1 aliphatic carbocycles. The van der Waals surface area contributed by atoms with Crippen molar-refractivity contribution in [1.29, 1.82) is 0 Å². The first-order valence-corrected chi connectivity index (χ1v) is 10.7. The lowest BCUT2D eigenvalue weighted by atomic mass is 9.73. The number of hydrogen-bond donors (Lipinski definition) is 2. The Bertz CT molecular complexity index is 919. The normalized spacial score (nSPS) is 24.6. The molecule has 1 unspecified atom stereocenters. The number of rotatable bonds is 4. The summed E-state index contributed by atoms with van der Waals surface area (Å²) in [5, 5.41) is 10.00. The van der Waals surface area contributed by atoms with E-state index in [1.54, 1.807) is 36.4 Å². The summed E-state index contributed by atoms with van der Waals surface area (Å²) >= 11 is 5.80. The van der Waals surface area contributed by atoms with Gasteiger partial charge in [0.05, 0.1) is 5.60 Å². The molecular weight excluding hydrogens is 391 g/mol. The fraction of sp³-hybridized carbons (Fsp3) is 0.400. The van der Waals surface area contributed by atoms with Crippen LogP contribution in [0.4, 0.5) is 4.39 Å². The first-order chi connectivity index (χ1) is 12.6. The maximum atomic E-state index is 14.2. The highest BCUT2D eigenvalue weighted by Gasteiger charge is 2.47. The predicted molar refractivity (Wildman–Crippen MR) is 103 cm³/mol. The quantitative estimate of drug-likeness (QED) is 0.707. The molecule has 0 spiro atoms. The van der Waals surface area contributed by atoms with Crippen molar-refractivity contribution in [2.45, 2.75) is 49.4 Å². The van der Waals surface area contributed by atoms with Crippen LogP contribution in [0.1, 0.15) is 53.5 Å². The van der Waals surface area contributed by atoms with E-state index >= 15 is 0 Å². The van der Waals surface area contributed by atoms with Gasteiger partial charge in [0.15, 0.2) is 0 Å². The van der Waals surface area contributed by atoms with Crippen LogP contribution in [0.15, 0.2) is 42.5 Å². The summed E-state index contributed by atoms with van der Waals surface area (Å²) in [6.07, 6.45) is 1.09. The van der Waals surface area contributed by atoms with Crippen molar-refractivity contribution < 1.29 is 22.5 Å². The SMILES string of the molecule is Cc1ccc(C(C2(O)CCC(c3ccc(Cl)cc3F)CC2)S(=O)(=O)O)cc1. The van der Waals surface area contributed by atoms with Crippen LogP contribution in [0.25, 0.3) is 0 Å². The van der Waals surface area contributed by atoms with Gasteiger partial charge in [0, 0.05) is 5.02 Å². The molecule has 146 valence electrons. The summed E-state index contributed by atoms with van der Waals surface area (Å²) in [5.74, 6) is -0.537. The lowest BCUT2D eigenvalue weighted by Crippen LogP contribution is -2.43. The van der Waals surface area contributed by atoms with Gasteiger partial charge in [-0.15, -0.1) is 0 Å². The van der Waals surface area contributed by atoms with Crippen LogP contribution in [-0.2, 0) is 10.1 Å². The van der Waals surface area contributed by atoms with E-state index in [-0.39, 0.29) is 18.8 Å². The fourth-order valence-corrected chi connectivity index (χ4v) is 5.47. The van der Waals surface area contributed by atoms with Crippen molar-refractivity contribution in [1.82, 2.24) is 0 Å². The highest BCUT2D eigenvalue weighted by Crippen LogP contribution is 2.47. The predicted octanol–water partition coefficient (Wildman–Crippen LogP) is 4.81. The molecule has 3 rings (SSSR count). The Hall–Kier alpha value is -1.47. The van der Waals surface area contributed by atoms with E-state index < -0.39 is 26.8 Å². The molecule has 1 fully saturated rings. The summed E-state index contributed by atoms with van der Waals surface area (Å²) < 4.78 is 48.2. The smallest absolute Gasteiger partial charge is 0.274 e. The Morgan fingerprint density at radius 1 is 1.15 bits per heavy atom. The Morgan fingerprint density at radius 3 is 2.26 bits per heavy atom. The molecular formula is C20H22ClFO4S. The van der Waals surface area contributed by atoms with Gasteiger partial charge in [-0.05, 0) is 61.8 Å². The van der Waals surface area contributed by atoms with Crippen LogP contribution in [0, 0.1) is 12.7 Å². The minimum Gasteiger partial charge on any atom is -0.388 e. The summed E-state index contributed by atoms with van der Waals surface area (Å²) in [6, 6.07) is 11.2. The van der Waals surface area contributed by atoms with Gasteiger partial charge in [-0.1, -0.05) is 47.5 Å². The monoisotopic (exact) mass is 412 g/mol. The van der Waals surface area contributed by atoms with Crippen LogP contribution >= 0.6 is 11.6 Å². The molecule has 2 aromatic carbocycles. The van der Waals surface area contributed by atoms with E-state index in [0.717, 1.165) is 5.56 Å². The number of hydrogen-bond acceptors (Lipinski definition) is 3. The third kappa shape index (κ3) is 4.35. The maximum Gasteiger partial charge on any atom is 0.274 e. The zero-order chi connectivity index (χ0) is 19.8. The van der Waals surface area contributed by atoms with Gasteiger partial charge in [-0.2, -0.15) is 8.42 Å². The first kappa shape index (κ1) is 20.3. The van der Waals surface area contributed by atoms with E-state index in [9.17, 15) is 22.5 Å². The molecule has 0 amide bonds. The van der Waals surface area contributed by atoms with Crippen molar-refractivity contribution >= 4 is 21.7 Å². The summed E-state index contributed by atoms with van der Waals surface area (Å²) in [5.41, 5.74) is 0.200. The second-order valence-electron chi connectivity index (χ2n) is 7.35. The van der Waals surface area contributed by atoms with Gasteiger partial charge in [0.25, 0.3) is 10.1 Å². The molecule has 0 aromatic heterocycles. The van der Waals surface area contributed by atoms with Crippen molar-refractivity contribution in [2.75, 3.05) is 0 Å². The lowest BCUT2D eigenvalue weighted by molar-refractivity contribution is -0.00745. The third-order valence-electron chi connectivity index (χ3n) is 5.42. The van der Waals surface area contributed by atoms with E-state index in [1.165, 1.54) is 6.07 Å². The Balaban J connectivity index is 1.86. The second-order valence-corrected chi connectivity index (χ2v) is 9.29. The van der Waals surface area contributed by atoms with Crippen LogP contribution < -0.4 is 0 Å². The highest BCUT2D eigenvalue weighted by molar-refractivity contribution is 7.86. The van der Waals surface area contributed by atoms with Crippen LogP contribution in [0.5, 0.6) is 0 Å². The van der Waals surface area contributed by atoms with Crippen molar-refractivity contribution in [3.05, 3.63) is 70.0 Å². The Kier molecular flexibility index (Phi) is 5.64. The van der Waals surface area contributed by atoms with Crippen molar-refractivity contribution in [2.24, 2.45) is 0 Å². The van der Waals surface area contributed by atoms with Crippen molar-refractivity contribution in [3.63, 3.8) is 0 Å². The summed E-state index contributed by atoms with van der Waals surface area (Å²) in [7, 11) is -4.53. The molecule has 0 radical (unpaired) electrons. The van der Waals surface area contributed by atoms with Gasteiger partial charge in [-0.3, -0.25) is 4.55 Å². The van der Waals surface area contributed by atoms with E-state index in [1.807, 2.05) is 6.92 Å². The molecule has 27 heavy (non-hydrogen) atoms. The average Bonchev–Trinajstić information content (AvgIpc) is 2.57. The van der Waals surface area contributed by atoms with Crippen LogP contribution in [-0.4, -0.2) is 23.7 Å². The largest absolute Gasteiger partial charge is 0.388 e. The minimum atomic E-state index is -4.53. The van der Waals surface area contributed by atoms with E-state index in [2.05, 4.69) is 0 Å². The molecule has 7 heteroatoms. The first-order valence-electron chi connectivity index (χ1n) is 8.80. The molecule has 1 saturated carbocycles. The molecule has 2 N–H and O–H groups in total. The van der Waals surface area contributed by atoms with E-state index in [4.69, 9.17) is 11.6 Å². The molecule has 0 bridgehead atoms. The molecule has 0 heterocycles. The molecule has 4 nitrogen and oxygen atoms in total. The minimum absolute atomic E-state index is 0.136. The number of halogens is 2. The maximum absolute atomic E-state index is 14.2. The zero-order valence-electron chi connectivity index (χ0n) is 14.9. The van der Waals surface area contributed by atoms with Crippen molar-refractivity contribution in [3.8, 4) is 0 Å². The number of benzene rings is 2. The Morgan fingerprint density at radius 2 is 1.74 bits per heavy atom. The van der Waals surface area contributed by atoms with Gasteiger partial charge in [0.2, 0.25) is 0 Å². The molecule has 1 aliphatic rings. The van der Waals surface area contributed by atoms with Gasteiger partial charge < -0.3 is 5.11 Å². The van der Waals surface area contributed by atoms with Gasteiger partial charge in [-0.25, -0.2) is 4.39 Å². The number of aliphatic hydroxyl groups is 1. The van der Waals surface area contributed by atoms with Gasteiger partial charge >= 0.3 is 0 Å². The topological polar surface area (TPSA) is 74.6 Å². The molecule has 2 aromatic rings. The highest BCUT2D eigenvalue weighted by atomic mass is 35.5. The van der Waals surface area contributed by atoms with E-state index in [0.29, 0.717) is 29.0 Å². The lowest BCUT2D eigenvalue weighted by Gasteiger charge is -2.40. The second kappa shape index (κ2) is 7.51. The standard InChI is InChI=1S/C20H22ClFO4S/c1-13-2-4-15(5-3-13)19(27(24,25)26)20(23)10-8-14(9-11-20)17-7-6-16(21)12-18(17)22/h2-7,12,14,19,23H,8-11H2,1H3,(H,24,25,26). The summed E-state index contributed by atoms with van der Waals surface area (Å²) in [4.78, 5) is 0. The summed E-state index contributed by atoms with van der Waals surface area (Å²) in [6.45, 7) is 1.87. The third-order valence-corrected chi connectivity index (χ3v) is 6.96. The zero-order valence-corrected chi connectivity index (χ0v) is 16.5. The molecule has 0 aliphatic heterocycles. The number of aryl methyl sites for hydroxylation is 1. The van der Waals surface area contributed by atoms with Crippen LogP contribution in [0.3, 0.4) is 0 Å². The average molecular weight is 413 g/mol. The van der Waals surface area contributed by atoms with Gasteiger partial charge in [0.1, 0.15) is 11.1 Å². The molecule has 1 atom stereocenters. The Labute approximate surface area is 163 Å². The van der Waals surface area contributed by atoms with Crippen LogP contribution in [0.2, 0.25) is 5.02 Å². The molecule has 0 saturated heterocycles. The fourth-order valence-electron chi connectivity index (χ4n) is 4.02.